The van der Waals surface area contributed by atoms with Gasteiger partial charge < -0.3 is 15.5 Å². The van der Waals surface area contributed by atoms with Crippen molar-refractivity contribution >= 4 is 28.9 Å². The summed E-state index contributed by atoms with van der Waals surface area (Å²) >= 11 is 1.68. The van der Waals surface area contributed by atoms with Gasteiger partial charge in [-0.15, -0.1) is 11.3 Å². The zero-order chi connectivity index (χ0) is 17.6. The van der Waals surface area contributed by atoms with E-state index in [-0.39, 0.29) is 5.91 Å². The van der Waals surface area contributed by atoms with Gasteiger partial charge in [-0.25, -0.2) is 4.98 Å². The molecule has 2 aromatic rings. The number of nitrogens with one attached hydrogen (secondary N) is 2. The van der Waals surface area contributed by atoms with Gasteiger partial charge in [-0.2, -0.15) is 0 Å². The summed E-state index contributed by atoms with van der Waals surface area (Å²) in [5.74, 6) is 0.971. The van der Waals surface area contributed by atoms with Gasteiger partial charge >= 0.3 is 0 Å². The molecule has 6 nitrogen and oxygen atoms in total. The van der Waals surface area contributed by atoms with Gasteiger partial charge in [0.1, 0.15) is 0 Å². The smallest absolute Gasteiger partial charge is 0.227 e. The predicted molar refractivity (Wildman–Crippen MR) is 102 cm³/mol. The molecular weight excluding hydrogens is 334 g/mol. The maximum absolute atomic E-state index is 11.8. The highest BCUT2D eigenvalue weighted by molar-refractivity contribution is 7.11. The molecule has 7 heteroatoms. The number of aliphatic imine (C=N–C) groups is 1. The van der Waals surface area contributed by atoms with Crippen LogP contribution in [0.5, 0.6) is 0 Å². The van der Waals surface area contributed by atoms with Crippen molar-refractivity contribution in [2.75, 3.05) is 18.5 Å². The van der Waals surface area contributed by atoms with Crippen molar-refractivity contribution in [1.82, 2.24) is 15.6 Å². The van der Waals surface area contributed by atoms with E-state index in [0.717, 1.165) is 35.2 Å². The Labute approximate surface area is 152 Å². The standard InChI is InChI=1S/C18H23N5OS/c1-13-20-11-16(25-13)12-22-18(19-2)21-10-14-5-7-15(8-6-14)23-9-3-4-17(23)24/h5-8,11H,3-4,9-10,12H2,1-2H3,(H2,19,21,22). The number of hydrogen-bond donors (Lipinski definition) is 2. The van der Waals surface area contributed by atoms with Crippen LogP contribution >= 0.6 is 11.3 Å². The molecule has 3 rings (SSSR count). The summed E-state index contributed by atoms with van der Waals surface area (Å²) in [5, 5.41) is 7.66. The maximum atomic E-state index is 11.8. The summed E-state index contributed by atoms with van der Waals surface area (Å²) in [4.78, 5) is 23.3. The van der Waals surface area contributed by atoms with Crippen molar-refractivity contribution in [3.63, 3.8) is 0 Å². The van der Waals surface area contributed by atoms with Gasteiger partial charge in [0.15, 0.2) is 5.96 Å². The Morgan fingerprint density at radius 1 is 1.28 bits per heavy atom. The molecule has 1 fully saturated rings. The van der Waals surface area contributed by atoms with Crippen LogP contribution in [0.1, 0.15) is 28.3 Å². The van der Waals surface area contributed by atoms with E-state index in [9.17, 15) is 4.79 Å². The number of rotatable bonds is 5. The summed E-state index contributed by atoms with van der Waals surface area (Å²) in [5.41, 5.74) is 2.13. The number of aromatic nitrogens is 1. The zero-order valence-corrected chi connectivity index (χ0v) is 15.4. The Kier molecular flexibility index (Phi) is 5.65. The topological polar surface area (TPSA) is 69.6 Å². The number of carbonyl (C=O) groups excluding carboxylic acids is 1. The number of nitrogens with zero attached hydrogens (tertiary/aromatic N) is 3. The molecule has 0 atom stereocenters. The second-order valence-electron chi connectivity index (χ2n) is 5.94. The number of benzene rings is 1. The van der Waals surface area contributed by atoms with E-state index in [4.69, 9.17) is 0 Å². The molecule has 0 saturated carbocycles. The number of carbonyl (C=O) groups is 1. The summed E-state index contributed by atoms with van der Waals surface area (Å²) < 4.78 is 0. The quantitative estimate of drug-likeness (QED) is 0.637. The minimum Gasteiger partial charge on any atom is -0.352 e. The van der Waals surface area contributed by atoms with E-state index in [1.807, 2.05) is 42.3 Å². The van der Waals surface area contributed by atoms with E-state index in [1.165, 1.54) is 4.88 Å². The summed E-state index contributed by atoms with van der Waals surface area (Å²) in [7, 11) is 1.76. The fourth-order valence-electron chi connectivity index (χ4n) is 2.78. The molecule has 2 N–H and O–H groups in total. The van der Waals surface area contributed by atoms with Gasteiger partial charge in [0.25, 0.3) is 0 Å². The second kappa shape index (κ2) is 8.11. The fourth-order valence-corrected chi connectivity index (χ4v) is 3.51. The van der Waals surface area contributed by atoms with Gasteiger partial charge in [0, 0.05) is 43.3 Å². The van der Waals surface area contributed by atoms with Gasteiger partial charge in [-0.1, -0.05) is 12.1 Å². The van der Waals surface area contributed by atoms with E-state index >= 15 is 0 Å². The van der Waals surface area contributed by atoms with E-state index < -0.39 is 0 Å². The highest BCUT2D eigenvalue weighted by atomic mass is 32.1. The van der Waals surface area contributed by atoms with Crippen LogP contribution in [0, 0.1) is 6.92 Å². The first-order chi connectivity index (χ1) is 12.2. The van der Waals surface area contributed by atoms with Crippen molar-refractivity contribution < 1.29 is 4.79 Å². The van der Waals surface area contributed by atoms with Crippen LogP contribution in [0.3, 0.4) is 0 Å². The summed E-state index contributed by atoms with van der Waals surface area (Å²) in [6.07, 6.45) is 3.49. The molecule has 0 spiro atoms. The third kappa shape index (κ3) is 4.57. The van der Waals surface area contributed by atoms with Crippen molar-refractivity contribution in [1.29, 1.82) is 0 Å². The van der Waals surface area contributed by atoms with Crippen LogP contribution in [0.15, 0.2) is 35.5 Å². The number of guanidine groups is 1. The van der Waals surface area contributed by atoms with E-state index in [1.54, 1.807) is 18.4 Å². The average molecular weight is 357 g/mol. The minimum absolute atomic E-state index is 0.216. The Morgan fingerprint density at radius 3 is 2.64 bits per heavy atom. The molecular formula is C18H23N5OS. The number of aryl methyl sites for hydroxylation is 1. The maximum Gasteiger partial charge on any atom is 0.227 e. The van der Waals surface area contributed by atoms with Gasteiger partial charge in [0.2, 0.25) is 5.91 Å². The summed E-state index contributed by atoms with van der Waals surface area (Å²) in [6.45, 7) is 4.21. The lowest BCUT2D eigenvalue weighted by Gasteiger charge is -2.16. The molecule has 0 unspecified atom stereocenters. The molecule has 1 aromatic heterocycles. The lowest BCUT2D eigenvalue weighted by molar-refractivity contribution is -0.117. The molecule has 2 heterocycles. The predicted octanol–water partition coefficient (Wildman–Crippen LogP) is 2.44. The largest absolute Gasteiger partial charge is 0.352 e. The van der Waals surface area contributed by atoms with Crippen molar-refractivity contribution in [2.45, 2.75) is 32.9 Å². The number of thiazole rings is 1. The fraction of sp³-hybridized carbons (Fsp3) is 0.389. The molecule has 0 radical (unpaired) electrons. The monoisotopic (exact) mass is 357 g/mol. The Bertz CT molecular complexity index is 753. The lowest BCUT2D eigenvalue weighted by Crippen LogP contribution is -2.36. The van der Waals surface area contributed by atoms with Crippen LogP contribution in [0.4, 0.5) is 5.69 Å². The molecule has 25 heavy (non-hydrogen) atoms. The highest BCUT2D eigenvalue weighted by Gasteiger charge is 2.21. The normalized spacial score (nSPS) is 14.9. The third-order valence-electron chi connectivity index (χ3n) is 4.10. The van der Waals surface area contributed by atoms with Crippen LogP contribution in [0.25, 0.3) is 0 Å². The Balaban J connectivity index is 1.50. The molecule has 1 amide bonds. The number of hydrogen-bond acceptors (Lipinski definition) is 4. The van der Waals surface area contributed by atoms with Crippen LogP contribution < -0.4 is 15.5 Å². The second-order valence-corrected chi connectivity index (χ2v) is 7.26. The van der Waals surface area contributed by atoms with Gasteiger partial charge in [0.05, 0.1) is 11.6 Å². The minimum atomic E-state index is 0.216. The first kappa shape index (κ1) is 17.4. The molecule has 0 bridgehead atoms. The first-order valence-corrected chi connectivity index (χ1v) is 9.22. The third-order valence-corrected chi connectivity index (χ3v) is 5.02. The van der Waals surface area contributed by atoms with Gasteiger partial charge in [-0.05, 0) is 31.0 Å². The molecule has 1 aliphatic rings. The van der Waals surface area contributed by atoms with Crippen molar-refractivity contribution in [3.8, 4) is 0 Å². The number of amides is 1. The van der Waals surface area contributed by atoms with Crippen LogP contribution in [-0.4, -0.2) is 30.4 Å². The zero-order valence-electron chi connectivity index (χ0n) is 14.6. The lowest BCUT2D eigenvalue weighted by atomic mass is 10.2. The van der Waals surface area contributed by atoms with Crippen LogP contribution in [-0.2, 0) is 17.9 Å². The Hall–Kier alpha value is -2.41. The molecule has 0 aliphatic carbocycles. The molecule has 1 aromatic carbocycles. The molecule has 1 aliphatic heterocycles. The first-order valence-electron chi connectivity index (χ1n) is 8.41. The summed E-state index contributed by atoms with van der Waals surface area (Å²) in [6, 6.07) is 8.12. The average Bonchev–Trinajstić information content (AvgIpc) is 3.24. The van der Waals surface area contributed by atoms with E-state index in [0.29, 0.717) is 19.5 Å². The van der Waals surface area contributed by atoms with Crippen molar-refractivity contribution in [3.05, 3.63) is 45.9 Å². The SMILES string of the molecule is CN=C(NCc1ccc(N2CCCC2=O)cc1)NCc1cnc(C)s1. The van der Waals surface area contributed by atoms with Gasteiger partial charge in [-0.3, -0.25) is 9.79 Å². The van der Waals surface area contributed by atoms with Crippen molar-refractivity contribution in [2.24, 2.45) is 4.99 Å². The number of anilines is 1. The molecule has 132 valence electrons. The molecule has 1 saturated heterocycles. The highest BCUT2D eigenvalue weighted by Crippen LogP contribution is 2.21. The Morgan fingerprint density at radius 2 is 2.04 bits per heavy atom. The van der Waals surface area contributed by atoms with Crippen LogP contribution in [0.2, 0.25) is 0 Å². The van der Waals surface area contributed by atoms with E-state index in [2.05, 4.69) is 20.6 Å².